The van der Waals surface area contributed by atoms with Crippen molar-refractivity contribution >= 4 is 17.5 Å². The van der Waals surface area contributed by atoms with Gasteiger partial charge in [-0.1, -0.05) is 66.7 Å². The fourth-order valence-corrected chi connectivity index (χ4v) is 3.87. The molecule has 0 bridgehead atoms. The van der Waals surface area contributed by atoms with Crippen LogP contribution in [0.4, 0.5) is 0 Å². The van der Waals surface area contributed by atoms with Gasteiger partial charge in [0.2, 0.25) is 0 Å². The van der Waals surface area contributed by atoms with E-state index in [-0.39, 0.29) is 19.1 Å². The van der Waals surface area contributed by atoms with Gasteiger partial charge in [-0.15, -0.1) is 0 Å². The fourth-order valence-electron chi connectivity index (χ4n) is 3.87. The molecule has 3 rings (SSSR count). The number of carbonyl (C=O) groups excluding carboxylic acids is 2. The number of esters is 2. The van der Waals surface area contributed by atoms with Crippen LogP contribution in [0.15, 0.2) is 66.7 Å². The van der Waals surface area contributed by atoms with Crippen molar-refractivity contribution in [3.05, 3.63) is 77.9 Å². The minimum atomic E-state index is -1.51. The molecule has 0 fully saturated rings. The summed E-state index contributed by atoms with van der Waals surface area (Å²) in [5, 5.41) is 0. The second-order valence-corrected chi connectivity index (χ2v) is 6.43. The smallest absolute Gasteiger partial charge is 0.328 e. The van der Waals surface area contributed by atoms with E-state index < -0.39 is 17.4 Å². The molecule has 0 spiro atoms. The topological polar surface area (TPSA) is 52.6 Å². The molecule has 1 aliphatic carbocycles. The molecule has 0 aliphatic heterocycles. The van der Waals surface area contributed by atoms with Gasteiger partial charge in [0.05, 0.1) is 13.2 Å². The monoisotopic (exact) mass is 364 g/mol. The number of hydrogen-bond acceptors (Lipinski definition) is 4. The van der Waals surface area contributed by atoms with Crippen LogP contribution in [-0.2, 0) is 19.1 Å². The van der Waals surface area contributed by atoms with E-state index in [1.807, 2.05) is 66.7 Å². The van der Waals surface area contributed by atoms with Crippen molar-refractivity contribution in [2.24, 2.45) is 5.41 Å². The molecule has 1 aliphatic rings. The Labute approximate surface area is 159 Å². The lowest BCUT2D eigenvalue weighted by Crippen LogP contribution is -2.45. The van der Waals surface area contributed by atoms with Gasteiger partial charge in [0, 0.05) is 5.92 Å². The summed E-state index contributed by atoms with van der Waals surface area (Å²) in [5.41, 5.74) is 0.904. The highest BCUT2D eigenvalue weighted by molar-refractivity contribution is 6.14. The van der Waals surface area contributed by atoms with E-state index in [2.05, 4.69) is 0 Å². The Morgan fingerprint density at radius 2 is 1.41 bits per heavy atom. The maximum Gasteiger partial charge on any atom is 0.328 e. The van der Waals surface area contributed by atoms with Crippen molar-refractivity contribution in [1.29, 1.82) is 0 Å². The SMILES string of the molecule is CCOC(=O)C1(C(=O)OCC)C(c2ccccc2)=CC[C@H]1c1ccccc1. The molecular weight excluding hydrogens is 340 g/mol. The largest absolute Gasteiger partial charge is 0.465 e. The Balaban J connectivity index is 2.21. The Morgan fingerprint density at radius 1 is 0.889 bits per heavy atom. The van der Waals surface area contributed by atoms with Gasteiger partial charge >= 0.3 is 11.9 Å². The van der Waals surface area contributed by atoms with Gasteiger partial charge in [-0.25, -0.2) is 0 Å². The van der Waals surface area contributed by atoms with Crippen molar-refractivity contribution in [2.45, 2.75) is 26.2 Å². The lowest BCUT2D eigenvalue weighted by Gasteiger charge is -2.34. The molecule has 0 N–H and O–H groups in total. The highest BCUT2D eigenvalue weighted by Gasteiger charge is 2.60. The van der Waals surface area contributed by atoms with Crippen LogP contribution in [0.5, 0.6) is 0 Å². The van der Waals surface area contributed by atoms with E-state index in [0.717, 1.165) is 11.1 Å². The molecule has 0 amide bonds. The van der Waals surface area contributed by atoms with E-state index in [1.165, 1.54) is 0 Å². The Morgan fingerprint density at radius 3 is 1.93 bits per heavy atom. The first kappa shape index (κ1) is 18.9. The third kappa shape index (κ3) is 3.27. The highest BCUT2D eigenvalue weighted by atomic mass is 16.6. The molecule has 4 heteroatoms. The summed E-state index contributed by atoms with van der Waals surface area (Å²) in [7, 11) is 0. The van der Waals surface area contributed by atoms with E-state index >= 15 is 0 Å². The number of carbonyl (C=O) groups is 2. The second-order valence-electron chi connectivity index (χ2n) is 6.43. The second kappa shape index (κ2) is 8.21. The molecule has 1 atom stereocenters. The number of rotatable bonds is 6. The van der Waals surface area contributed by atoms with E-state index in [4.69, 9.17) is 9.47 Å². The molecule has 0 saturated heterocycles. The molecular formula is C23H24O4. The summed E-state index contributed by atoms with van der Waals surface area (Å²) in [6.45, 7) is 3.89. The van der Waals surface area contributed by atoms with Crippen LogP contribution >= 0.6 is 0 Å². The van der Waals surface area contributed by atoms with Crippen molar-refractivity contribution in [2.75, 3.05) is 13.2 Å². The van der Waals surface area contributed by atoms with Crippen LogP contribution in [0.25, 0.3) is 5.57 Å². The standard InChI is InChI=1S/C23H24O4/c1-3-26-21(24)23(22(25)27-4-2)19(17-11-7-5-8-12-17)15-16-20(23)18-13-9-6-10-14-18/h5-15,20H,3-4,16H2,1-2H3/t20-/m0/s1. The quantitative estimate of drug-likeness (QED) is 0.564. The maximum atomic E-state index is 13.3. The van der Waals surface area contributed by atoms with Crippen molar-refractivity contribution in [3.8, 4) is 0 Å². The van der Waals surface area contributed by atoms with Crippen molar-refractivity contribution in [1.82, 2.24) is 0 Å². The third-order valence-electron chi connectivity index (χ3n) is 4.99. The first-order valence-electron chi connectivity index (χ1n) is 9.31. The molecule has 2 aromatic carbocycles. The molecule has 4 nitrogen and oxygen atoms in total. The van der Waals surface area contributed by atoms with Crippen LogP contribution < -0.4 is 0 Å². The Bertz CT molecular complexity index is 806. The fraction of sp³-hybridized carbons (Fsp3) is 0.304. The van der Waals surface area contributed by atoms with Crippen LogP contribution in [0.3, 0.4) is 0 Å². The summed E-state index contributed by atoms with van der Waals surface area (Å²) >= 11 is 0. The van der Waals surface area contributed by atoms with Gasteiger partial charge in [0.15, 0.2) is 5.41 Å². The summed E-state index contributed by atoms with van der Waals surface area (Å²) in [6, 6.07) is 19.1. The minimum Gasteiger partial charge on any atom is -0.465 e. The number of hydrogen-bond donors (Lipinski definition) is 0. The summed E-state index contributed by atoms with van der Waals surface area (Å²) < 4.78 is 10.8. The number of benzene rings is 2. The normalized spacial score (nSPS) is 17.9. The molecule has 2 aromatic rings. The number of ether oxygens (including phenoxy) is 2. The van der Waals surface area contributed by atoms with Crippen molar-refractivity contribution < 1.29 is 19.1 Å². The van der Waals surface area contributed by atoms with Crippen LogP contribution in [-0.4, -0.2) is 25.2 Å². The average Bonchev–Trinajstić information content (AvgIpc) is 3.11. The first-order chi connectivity index (χ1) is 13.2. The summed E-state index contributed by atoms with van der Waals surface area (Å²) in [5.74, 6) is -1.47. The number of allylic oxidation sites excluding steroid dienone is 1. The van der Waals surface area contributed by atoms with E-state index in [1.54, 1.807) is 13.8 Å². The first-order valence-corrected chi connectivity index (χ1v) is 9.31. The highest BCUT2D eigenvalue weighted by Crippen LogP contribution is 2.55. The Hall–Kier alpha value is -2.88. The van der Waals surface area contributed by atoms with Gasteiger partial charge in [-0.05, 0) is 37.0 Å². The molecule has 0 radical (unpaired) electrons. The van der Waals surface area contributed by atoms with Crippen LogP contribution in [0.1, 0.15) is 37.3 Å². The van der Waals surface area contributed by atoms with Gasteiger partial charge in [0.1, 0.15) is 0 Å². The third-order valence-corrected chi connectivity index (χ3v) is 4.99. The summed E-state index contributed by atoms with van der Waals surface area (Å²) in [4.78, 5) is 26.6. The zero-order chi connectivity index (χ0) is 19.3. The zero-order valence-electron chi connectivity index (χ0n) is 15.7. The maximum absolute atomic E-state index is 13.3. The lowest BCUT2D eigenvalue weighted by atomic mass is 9.69. The predicted molar refractivity (Wildman–Crippen MR) is 104 cm³/mol. The molecule has 0 saturated carbocycles. The molecule has 0 aromatic heterocycles. The molecule has 0 heterocycles. The minimum absolute atomic E-state index is 0.198. The molecule has 140 valence electrons. The van der Waals surface area contributed by atoms with Gasteiger partial charge < -0.3 is 9.47 Å². The van der Waals surface area contributed by atoms with E-state index in [0.29, 0.717) is 12.0 Å². The van der Waals surface area contributed by atoms with Crippen molar-refractivity contribution in [3.63, 3.8) is 0 Å². The van der Waals surface area contributed by atoms with Crippen LogP contribution in [0, 0.1) is 5.41 Å². The zero-order valence-corrected chi connectivity index (χ0v) is 15.7. The van der Waals surface area contributed by atoms with E-state index in [9.17, 15) is 9.59 Å². The molecule has 27 heavy (non-hydrogen) atoms. The van der Waals surface area contributed by atoms with Gasteiger partial charge in [-0.3, -0.25) is 9.59 Å². The lowest BCUT2D eigenvalue weighted by molar-refractivity contribution is -0.168. The summed E-state index contributed by atoms with van der Waals surface area (Å²) in [6.07, 6.45) is 2.53. The average molecular weight is 364 g/mol. The Kier molecular flexibility index (Phi) is 5.75. The van der Waals surface area contributed by atoms with Gasteiger partial charge in [-0.2, -0.15) is 0 Å². The van der Waals surface area contributed by atoms with Crippen LogP contribution in [0.2, 0.25) is 0 Å². The predicted octanol–water partition coefficient (Wildman–Crippen LogP) is 4.37. The van der Waals surface area contributed by atoms with Gasteiger partial charge in [0.25, 0.3) is 0 Å². The molecule has 0 unspecified atom stereocenters.